The number of carbonyl (C=O) groups is 1. The molecule has 0 aromatic heterocycles. The van der Waals surface area contributed by atoms with E-state index in [4.69, 9.17) is 11.6 Å². The molecule has 0 fully saturated rings. The minimum Gasteiger partial charge on any atom is -0.315 e. The van der Waals surface area contributed by atoms with Gasteiger partial charge in [0.2, 0.25) is 10.0 Å². The lowest BCUT2D eigenvalue weighted by molar-refractivity contribution is -0.111. The molecule has 0 spiro atoms. The second kappa shape index (κ2) is 4.35. The summed E-state index contributed by atoms with van der Waals surface area (Å²) in [6.07, 6.45) is 4.89. The van der Waals surface area contributed by atoms with Gasteiger partial charge in [0.05, 0.1) is 4.90 Å². The molecule has 3 N–H and O–H groups in total. The second-order valence-electron chi connectivity index (χ2n) is 3.07. The molecule has 1 amide bonds. The molecule has 0 unspecified atom stereocenters. The Morgan fingerprint density at radius 2 is 2.12 bits per heavy atom. The molecule has 0 saturated heterocycles. The first-order valence-electron chi connectivity index (χ1n) is 4.26. The minimum atomic E-state index is -3.80. The molecule has 16 heavy (non-hydrogen) atoms. The van der Waals surface area contributed by atoms with E-state index in [1.807, 2.05) is 5.92 Å². The fraction of sp³-hybridized carbons (Fsp3) is 0.100. The van der Waals surface area contributed by atoms with Gasteiger partial charge in [-0.3, -0.25) is 4.79 Å². The summed E-state index contributed by atoms with van der Waals surface area (Å²) < 4.78 is 22.4. The average Bonchev–Trinajstić information content (AvgIpc) is 2.19. The number of hydrogen-bond acceptors (Lipinski definition) is 3. The quantitative estimate of drug-likeness (QED) is 0.722. The van der Waals surface area contributed by atoms with Gasteiger partial charge in [-0.1, -0.05) is 6.07 Å². The number of terminal acetylenes is 1. The van der Waals surface area contributed by atoms with E-state index in [1.165, 1.54) is 19.1 Å². The lowest BCUT2D eigenvalue weighted by Gasteiger charge is -2.09. The van der Waals surface area contributed by atoms with Crippen LogP contribution in [0.5, 0.6) is 0 Å². The van der Waals surface area contributed by atoms with Gasteiger partial charge in [0.25, 0.3) is 5.91 Å². The zero-order valence-electron chi connectivity index (χ0n) is 8.52. The zero-order valence-corrected chi connectivity index (χ0v) is 9.34. The topological polar surface area (TPSA) is 89.3 Å². The number of anilines is 1. The molecule has 0 saturated carbocycles. The van der Waals surface area contributed by atoms with Crippen LogP contribution in [0.1, 0.15) is 5.56 Å². The Kier molecular flexibility index (Phi) is 3.32. The Morgan fingerprint density at radius 1 is 1.50 bits per heavy atom. The second-order valence-corrected chi connectivity index (χ2v) is 4.60. The maximum Gasteiger partial charge on any atom is 0.300 e. The third-order valence-electron chi connectivity index (χ3n) is 1.97. The van der Waals surface area contributed by atoms with Crippen molar-refractivity contribution in [2.75, 3.05) is 5.32 Å². The molecule has 0 heterocycles. The highest BCUT2D eigenvalue weighted by Crippen LogP contribution is 2.21. The summed E-state index contributed by atoms with van der Waals surface area (Å²) in [5, 5.41) is 7.39. The number of rotatable bonds is 2. The van der Waals surface area contributed by atoms with Gasteiger partial charge in [0.15, 0.2) is 0 Å². The maximum atomic E-state index is 11.2. The van der Waals surface area contributed by atoms with Crippen LogP contribution in [-0.4, -0.2) is 14.3 Å². The van der Waals surface area contributed by atoms with Crippen LogP contribution in [0.4, 0.5) is 5.69 Å². The molecule has 0 radical (unpaired) electrons. The van der Waals surface area contributed by atoms with E-state index in [-0.39, 0.29) is 4.90 Å². The standard InChI is InChI=1S/C10H10N2O3S/c1-3-10(13)12-8-5-4-6-9(7(8)2)16(11,14)15/h1,4-6H,2H3,(H,12,13)(H2,11,14,15). The molecule has 0 atom stereocenters. The molecule has 1 aromatic carbocycles. The Balaban J connectivity index is 3.26. The summed E-state index contributed by atoms with van der Waals surface area (Å²) in [4.78, 5) is 10.9. The monoisotopic (exact) mass is 238 g/mol. The van der Waals surface area contributed by atoms with Gasteiger partial charge in [0.1, 0.15) is 0 Å². The van der Waals surface area contributed by atoms with Gasteiger partial charge in [-0.15, -0.1) is 6.42 Å². The molecule has 5 nitrogen and oxygen atoms in total. The zero-order chi connectivity index (χ0) is 12.3. The Labute approximate surface area is 93.7 Å². The van der Waals surface area contributed by atoms with Gasteiger partial charge >= 0.3 is 0 Å². The smallest absolute Gasteiger partial charge is 0.300 e. The predicted octanol–water partition coefficient (Wildman–Crippen LogP) is 0.214. The molecular formula is C10H10N2O3S. The summed E-state index contributed by atoms with van der Waals surface area (Å²) in [5.41, 5.74) is 0.683. The Bertz CT molecular complexity index is 570. The third kappa shape index (κ3) is 2.59. The molecule has 1 rings (SSSR count). The summed E-state index contributed by atoms with van der Waals surface area (Å²) in [5.74, 6) is 1.22. The van der Waals surface area contributed by atoms with Crippen molar-refractivity contribution in [1.82, 2.24) is 0 Å². The van der Waals surface area contributed by atoms with Crippen LogP contribution in [0.2, 0.25) is 0 Å². The van der Waals surface area contributed by atoms with Crippen molar-refractivity contribution >= 4 is 21.6 Å². The van der Waals surface area contributed by atoms with Crippen molar-refractivity contribution < 1.29 is 13.2 Å². The number of sulfonamides is 1. The van der Waals surface area contributed by atoms with E-state index in [0.29, 0.717) is 11.3 Å². The van der Waals surface area contributed by atoms with Gasteiger partial charge in [-0.05, 0) is 30.5 Å². The van der Waals surface area contributed by atoms with Crippen LogP contribution < -0.4 is 10.5 Å². The first-order valence-corrected chi connectivity index (χ1v) is 5.81. The number of hydrogen-bond donors (Lipinski definition) is 2. The number of carbonyl (C=O) groups excluding carboxylic acids is 1. The average molecular weight is 238 g/mol. The van der Waals surface area contributed by atoms with Crippen LogP contribution in [-0.2, 0) is 14.8 Å². The molecule has 1 aromatic rings. The molecule has 0 aliphatic rings. The van der Waals surface area contributed by atoms with E-state index in [1.54, 1.807) is 6.07 Å². The lowest BCUT2D eigenvalue weighted by atomic mass is 10.2. The van der Waals surface area contributed by atoms with Gasteiger partial charge < -0.3 is 5.32 Å². The lowest BCUT2D eigenvalue weighted by Crippen LogP contribution is -2.16. The van der Waals surface area contributed by atoms with Crippen LogP contribution in [0.3, 0.4) is 0 Å². The largest absolute Gasteiger partial charge is 0.315 e. The summed E-state index contributed by atoms with van der Waals surface area (Å²) in [6, 6.07) is 4.37. The van der Waals surface area contributed by atoms with E-state index >= 15 is 0 Å². The number of benzene rings is 1. The molecule has 0 bridgehead atoms. The summed E-state index contributed by atoms with van der Waals surface area (Å²) >= 11 is 0. The van der Waals surface area contributed by atoms with Crippen molar-refractivity contribution in [3.8, 4) is 12.3 Å². The number of nitrogens with one attached hydrogen (secondary N) is 1. The van der Waals surface area contributed by atoms with Crippen LogP contribution in [0.15, 0.2) is 23.1 Å². The molecular weight excluding hydrogens is 228 g/mol. The Morgan fingerprint density at radius 3 is 2.62 bits per heavy atom. The van der Waals surface area contributed by atoms with Crippen LogP contribution in [0.25, 0.3) is 0 Å². The number of nitrogens with two attached hydrogens (primary N) is 1. The van der Waals surface area contributed by atoms with Gasteiger partial charge in [-0.25, -0.2) is 13.6 Å². The number of amides is 1. The van der Waals surface area contributed by atoms with Gasteiger partial charge in [-0.2, -0.15) is 0 Å². The van der Waals surface area contributed by atoms with Crippen molar-refractivity contribution in [2.45, 2.75) is 11.8 Å². The normalized spacial score (nSPS) is 10.6. The van der Waals surface area contributed by atoms with Gasteiger partial charge in [0, 0.05) is 5.69 Å². The SMILES string of the molecule is C#CC(=O)Nc1cccc(S(N)(=O)=O)c1C. The fourth-order valence-electron chi connectivity index (χ4n) is 1.22. The molecule has 0 aliphatic carbocycles. The van der Waals surface area contributed by atoms with E-state index < -0.39 is 15.9 Å². The van der Waals surface area contributed by atoms with Crippen molar-refractivity contribution in [3.05, 3.63) is 23.8 Å². The highest BCUT2D eigenvalue weighted by molar-refractivity contribution is 7.89. The minimum absolute atomic E-state index is 0.0395. The summed E-state index contributed by atoms with van der Waals surface area (Å²) in [7, 11) is -3.80. The molecule has 84 valence electrons. The maximum absolute atomic E-state index is 11.2. The van der Waals surface area contributed by atoms with Crippen molar-refractivity contribution in [3.63, 3.8) is 0 Å². The van der Waals surface area contributed by atoms with Crippen molar-refractivity contribution in [1.29, 1.82) is 0 Å². The first-order chi connectivity index (χ1) is 7.36. The highest BCUT2D eigenvalue weighted by Gasteiger charge is 2.14. The third-order valence-corrected chi connectivity index (χ3v) is 3.03. The fourth-order valence-corrected chi connectivity index (χ4v) is 2.02. The highest BCUT2D eigenvalue weighted by atomic mass is 32.2. The van der Waals surface area contributed by atoms with Crippen LogP contribution in [0, 0.1) is 19.3 Å². The molecule has 6 heteroatoms. The van der Waals surface area contributed by atoms with E-state index in [9.17, 15) is 13.2 Å². The Hall–Kier alpha value is -1.84. The van der Waals surface area contributed by atoms with E-state index in [2.05, 4.69) is 5.32 Å². The number of primary sulfonamides is 1. The summed E-state index contributed by atoms with van der Waals surface area (Å²) in [6.45, 7) is 1.53. The first kappa shape index (κ1) is 12.2. The van der Waals surface area contributed by atoms with Crippen LogP contribution >= 0.6 is 0 Å². The van der Waals surface area contributed by atoms with Crippen molar-refractivity contribution in [2.24, 2.45) is 5.14 Å². The molecule has 0 aliphatic heterocycles. The van der Waals surface area contributed by atoms with E-state index in [0.717, 1.165) is 0 Å². The predicted molar refractivity (Wildman–Crippen MR) is 60.0 cm³/mol.